The molecule has 2 aliphatic rings. The van der Waals surface area contributed by atoms with Crippen molar-refractivity contribution in [3.8, 4) is 11.5 Å². The van der Waals surface area contributed by atoms with Gasteiger partial charge in [-0.1, -0.05) is 139 Å². The standard InChI is InChI=1S/C60H90Cl2O8Si2/c1-15-17-19-31-57(63)67-54-37-44(4)50(36-34-49(69-71(11,12)59(5,6)7)42-66-48-28-24-26-46(62)39-48)51(54)29-21-22-30-52-53(35-33-43(3)41-65-47-27-23-25-45(61)38-47)56(70-72(13,14)60(8,9)10)40-55(52)68-58(64)32-20-18-16-2/h15-16,21-28,33-36,38-39,43-44,49-56H,1-2,17-20,29-32,37,40-42H2,3-14H3/b22-21+,35-33+,36-34+/t43-,44-,49-,50+,51-,52-,53-,54+,55+,56-/m1/s1. The van der Waals surface area contributed by atoms with Crippen molar-refractivity contribution in [3.05, 3.63) is 120 Å². The summed E-state index contributed by atoms with van der Waals surface area (Å²) in [7, 11) is -4.45. The predicted molar refractivity (Wildman–Crippen MR) is 304 cm³/mol. The molecular formula is C60H90Cl2O8Si2. The molecule has 0 unspecified atom stereocenters. The number of hydrogen-bond donors (Lipinski definition) is 0. The molecule has 2 aromatic rings. The average Bonchev–Trinajstić information content (AvgIpc) is 3.75. The van der Waals surface area contributed by atoms with Gasteiger partial charge in [-0.15, -0.1) is 13.2 Å². The highest BCUT2D eigenvalue weighted by atomic mass is 35.5. The van der Waals surface area contributed by atoms with Crippen molar-refractivity contribution in [3.63, 3.8) is 0 Å². The second-order valence-corrected chi connectivity index (χ2v) is 33.8. The second-order valence-electron chi connectivity index (χ2n) is 23.4. The van der Waals surface area contributed by atoms with Crippen molar-refractivity contribution in [2.24, 2.45) is 35.5 Å². The lowest BCUT2D eigenvalue weighted by Crippen LogP contribution is -2.45. The fourth-order valence-electron chi connectivity index (χ4n) is 9.20. The second kappa shape index (κ2) is 28.5. The highest BCUT2D eigenvalue weighted by Crippen LogP contribution is 2.47. The van der Waals surface area contributed by atoms with Crippen molar-refractivity contribution in [2.45, 2.75) is 180 Å². The van der Waals surface area contributed by atoms with E-state index in [9.17, 15) is 9.59 Å². The number of unbranched alkanes of at least 4 members (excludes halogenated alkanes) is 2. The molecule has 4 rings (SSSR count). The Bertz CT molecular complexity index is 2120. The maximum absolute atomic E-state index is 13.5. The van der Waals surface area contributed by atoms with Gasteiger partial charge in [0.2, 0.25) is 0 Å². The molecule has 2 aliphatic carbocycles. The molecule has 0 N–H and O–H groups in total. The van der Waals surface area contributed by atoms with Gasteiger partial charge in [0.05, 0.1) is 18.8 Å². The van der Waals surface area contributed by atoms with E-state index in [0.717, 1.165) is 25.0 Å². The predicted octanol–water partition coefficient (Wildman–Crippen LogP) is 16.8. The molecule has 0 aromatic heterocycles. The Morgan fingerprint density at radius 1 is 0.694 bits per heavy atom. The van der Waals surface area contributed by atoms with Crippen LogP contribution in [0.15, 0.2) is 110 Å². The Hall–Kier alpha value is -3.39. The molecule has 0 heterocycles. The first-order valence-corrected chi connectivity index (χ1v) is 33.2. The van der Waals surface area contributed by atoms with E-state index in [4.69, 9.17) is 51.0 Å². The molecule has 12 heteroatoms. The van der Waals surface area contributed by atoms with Gasteiger partial charge >= 0.3 is 11.9 Å². The number of halogens is 2. The molecule has 2 aromatic carbocycles. The number of allylic oxidation sites excluding steroid dienone is 5. The Balaban J connectivity index is 1.68. The normalized spacial score (nSPS) is 23.9. The first kappa shape index (κ1) is 61.2. The Labute approximate surface area is 447 Å². The maximum atomic E-state index is 13.5. The molecule has 0 aliphatic heterocycles. The summed E-state index contributed by atoms with van der Waals surface area (Å²) in [5.41, 5.74) is 0. The van der Waals surface area contributed by atoms with E-state index >= 15 is 0 Å². The van der Waals surface area contributed by atoms with Gasteiger partial charge in [0.1, 0.15) is 30.3 Å². The summed E-state index contributed by atoms with van der Waals surface area (Å²) in [5, 5.41) is 1.23. The van der Waals surface area contributed by atoms with E-state index in [-0.39, 0.29) is 81.9 Å². The smallest absolute Gasteiger partial charge is 0.306 e. The lowest BCUT2D eigenvalue weighted by molar-refractivity contribution is -0.152. The fraction of sp³-hybridized carbons (Fsp3) is 0.600. The largest absolute Gasteiger partial charge is 0.493 e. The van der Waals surface area contributed by atoms with Gasteiger partial charge in [0.25, 0.3) is 0 Å². The van der Waals surface area contributed by atoms with E-state index in [0.29, 0.717) is 74.0 Å². The summed E-state index contributed by atoms with van der Waals surface area (Å²) in [6, 6.07) is 14.9. The number of hydrogen-bond acceptors (Lipinski definition) is 8. The van der Waals surface area contributed by atoms with Crippen LogP contribution in [0.4, 0.5) is 0 Å². The van der Waals surface area contributed by atoms with E-state index in [1.165, 1.54) is 0 Å². The lowest BCUT2D eigenvalue weighted by atomic mass is 9.86. The van der Waals surface area contributed by atoms with Gasteiger partial charge in [-0.25, -0.2) is 0 Å². The maximum Gasteiger partial charge on any atom is 0.306 e. The van der Waals surface area contributed by atoms with E-state index in [1.807, 2.05) is 60.7 Å². The Kier molecular flexibility index (Phi) is 24.2. The minimum Gasteiger partial charge on any atom is -0.493 e. The Morgan fingerprint density at radius 2 is 1.18 bits per heavy atom. The lowest BCUT2D eigenvalue weighted by Gasteiger charge is -2.39. The van der Waals surface area contributed by atoms with Crippen LogP contribution in [0.5, 0.6) is 11.5 Å². The molecule has 2 fully saturated rings. The van der Waals surface area contributed by atoms with Crippen LogP contribution in [0.25, 0.3) is 0 Å². The minimum atomic E-state index is -2.24. The molecular weight excluding hydrogens is 976 g/mol. The number of esters is 2. The third kappa shape index (κ3) is 19.4. The van der Waals surface area contributed by atoms with Crippen LogP contribution in [0.2, 0.25) is 46.3 Å². The molecule has 8 nitrogen and oxygen atoms in total. The third-order valence-electron chi connectivity index (χ3n) is 15.5. The van der Waals surface area contributed by atoms with E-state index < -0.39 is 16.6 Å². The molecule has 0 amide bonds. The molecule has 0 radical (unpaired) electrons. The van der Waals surface area contributed by atoms with Gasteiger partial charge < -0.3 is 27.8 Å². The number of carbonyl (C=O) groups is 2. The van der Waals surface area contributed by atoms with Crippen LogP contribution < -0.4 is 9.47 Å². The summed E-state index contributed by atoms with van der Waals surface area (Å²) in [5.74, 6) is 1.53. The molecule has 0 bridgehead atoms. The molecule has 0 saturated heterocycles. The summed E-state index contributed by atoms with van der Waals surface area (Å²) in [4.78, 5) is 26.9. The summed E-state index contributed by atoms with van der Waals surface area (Å²) < 4.78 is 39.6. The van der Waals surface area contributed by atoms with Crippen molar-refractivity contribution in [1.29, 1.82) is 0 Å². The molecule has 400 valence electrons. The van der Waals surface area contributed by atoms with Crippen molar-refractivity contribution in [2.75, 3.05) is 13.2 Å². The van der Waals surface area contributed by atoms with E-state index in [1.54, 1.807) is 0 Å². The van der Waals surface area contributed by atoms with Gasteiger partial charge in [0.15, 0.2) is 16.6 Å². The van der Waals surface area contributed by atoms with Gasteiger partial charge in [-0.05, 0) is 129 Å². The minimum absolute atomic E-state index is 0.00781. The zero-order valence-electron chi connectivity index (χ0n) is 45.9. The number of ether oxygens (including phenoxy) is 4. The molecule has 2 saturated carbocycles. The third-order valence-corrected chi connectivity index (χ3v) is 24.9. The van der Waals surface area contributed by atoms with Crippen LogP contribution in [0, 0.1) is 35.5 Å². The fourth-order valence-corrected chi connectivity index (χ4v) is 12.2. The zero-order valence-corrected chi connectivity index (χ0v) is 49.4. The summed E-state index contributed by atoms with van der Waals surface area (Å²) in [6.45, 7) is 35.6. The topological polar surface area (TPSA) is 89.5 Å². The van der Waals surface area contributed by atoms with Gasteiger partial charge in [-0.2, -0.15) is 0 Å². The van der Waals surface area contributed by atoms with Crippen LogP contribution >= 0.6 is 23.2 Å². The van der Waals surface area contributed by atoms with Gasteiger partial charge in [-0.3, -0.25) is 9.59 Å². The highest BCUT2D eigenvalue weighted by molar-refractivity contribution is 6.74. The van der Waals surface area contributed by atoms with Crippen molar-refractivity contribution < 1.29 is 37.4 Å². The monoisotopic (exact) mass is 1060 g/mol. The van der Waals surface area contributed by atoms with Gasteiger partial charge in [0, 0.05) is 53.0 Å². The molecule has 10 atom stereocenters. The highest BCUT2D eigenvalue weighted by Gasteiger charge is 2.49. The SMILES string of the molecule is C=CCCCC(=O)O[C@H]1C[C@@H](C)[C@H](/C=C/[C@H](COc2cccc(Cl)c2)O[Si](C)(C)C(C)(C)C)[C@H]1C/C=C/C[C@@H]1[C@@H](/C=C/[C@@H](C)COc2cccc(Cl)c2)[C@H](O[Si](C)(C)C(C)(C)C)C[C@@H]1OC(=O)CCCC=C. The van der Waals surface area contributed by atoms with Crippen molar-refractivity contribution in [1.82, 2.24) is 0 Å². The molecule has 72 heavy (non-hydrogen) atoms. The molecule has 0 spiro atoms. The number of carbonyl (C=O) groups excluding carboxylic acids is 2. The number of benzene rings is 2. The quantitative estimate of drug-likeness (QED) is 0.0360. The van der Waals surface area contributed by atoms with Crippen LogP contribution in [-0.4, -0.2) is 66.2 Å². The number of rotatable bonds is 28. The first-order chi connectivity index (χ1) is 33.8. The summed E-state index contributed by atoms with van der Waals surface area (Å²) >= 11 is 12.6. The Morgan fingerprint density at radius 3 is 1.68 bits per heavy atom. The van der Waals surface area contributed by atoms with Crippen LogP contribution in [0.3, 0.4) is 0 Å². The van der Waals surface area contributed by atoms with E-state index in [2.05, 4.69) is 131 Å². The zero-order chi connectivity index (χ0) is 53.3. The summed E-state index contributed by atoms with van der Waals surface area (Å²) in [6.07, 6.45) is 22.6. The van der Waals surface area contributed by atoms with Crippen molar-refractivity contribution >= 4 is 51.8 Å². The van der Waals surface area contributed by atoms with Crippen LogP contribution in [0.1, 0.15) is 120 Å². The average molecular weight is 1070 g/mol. The first-order valence-electron chi connectivity index (χ1n) is 26.6. The van der Waals surface area contributed by atoms with Crippen LogP contribution in [-0.2, 0) is 27.9 Å².